The molecule has 5 aliphatic rings. The van der Waals surface area contributed by atoms with Crippen molar-refractivity contribution in [3.63, 3.8) is 0 Å². The molecule has 0 saturated carbocycles. The van der Waals surface area contributed by atoms with Gasteiger partial charge in [-0.05, 0) is 30.2 Å². The molecule has 5 aliphatic heterocycles. The van der Waals surface area contributed by atoms with E-state index in [0.29, 0.717) is 23.3 Å². The number of piperidine rings is 1. The topological polar surface area (TPSA) is 65.5 Å². The maximum atomic E-state index is 12.5. The Hall–Kier alpha value is -2.84. The molecule has 6 heterocycles. The number of fused-ring (bicyclic) bond motifs is 2. The van der Waals surface area contributed by atoms with E-state index in [4.69, 9.17) is 11.6 Å². The molecule has 2 aromatic rings. The molecule has 4 unspecified atom stereocenters. The summed E-state index contributed by atoms with van der Waals surface area (Å²) in [6.07, 6.45) is 4.19. The lowest BCUT2D eigenvalue weighted by atomic mass is 9.92. The van der Waals surface area contributed by atoms with Crippen molar-refractivity contribution in [1.29, 1.82) is 0 Å². The predicted molar refractivity (Wildman–Crippen MR) is 118 cm³/mol. The highest BCUT2D eigenvalue weighted by Gasteiger charge is 3.13. The maximum Gasteiger partial charge on any atom is 0.355 e. The fourth-order valence-corrected chi connectivity index (χ4v) is 7.40. The molecule has 0 bridgehead atoms. The highest BCUT2D eigenvalue weighted by Crippen LogP contribution is 2.83. The second kappa shape index (κ2) is 5.94. The van der Waals surface area contributed by atoms with E-state index in [0.717, 1.165) is 41.9 Å². The molecule has 1 spiro atoms. The van der Waals surface area contributed by atoms with Crippen LogP contribution >= 0.6 is 11.6 Å². The van der Waals surface area contributed by atoms with Crippen LogP contribution in [0.2, 0.25) is 5.15 Å². The van der Waals surface area contributed by atoms with Crippen molar-refractivity contribution in [2.45, 2.75) is 44.2 Å². The van der Waals surface area contributed by atoms with Gasteiger partial charge in [-0.15, -0.1) is 9.60 Å². The lowest BCUT2D eigenvalue weighted by Gasteiger charge is -2.37. The van der Waals surface area contributed by atoms with Gasteiger partial charge in [-0.2, -0.15) is 0 Å². The molecule has 9 heteroatoms. The predicted octanol–water partition coefficient (Wildman–Crippen LogP) is 3.40. The molecule has 32 heavy (non-hydrogen) atoms. The van der Waals surface area contributed by atoms with Gasteiger partial charge in [0.15, 0.2) is 12.0 Å². The van der Waals surface area contributed by atoms with Gasteiger partial charge in [-0.1, -0.05) is 42.8 Å². The van der Waals surface area contributed by atoms with Gasteiger partial charge >= 0.3 is 11.4 Å². The molecule has 0 aliphatic carbocycles. The first kappa shape index (κ1) is 18.7. The number of benzene rings is 1. The van der Waals surface area contributed by atoms with Gasteiger partial charge in [-0.25, -0.2) is 4.98 Å². The maximum absolute atomic E-state index is 12.5. The summed E-state index contributed by atoms with van der Waals surface area (Å²) in [5.74, 6) is 1.24. The van der Waals surface area contributed by atoms with Crippen molar-refractivity contribution in [3.8, 4) is 0 Å². The number of hydrogen-bond acceptors (Lipinski definition) is 6. The van der Waals surface area contributed by atoms with E-state index in [9.17, 15) is 10.1 Å². The number of hydrogen-bond donors (Lipinski definition) is 0. The van der Waals surface area contributed by atoms with Gasteiger partial charge in [0.2, 0.25) is 0 Å². The lowest BCUT2D eigenvalue weighted by molar-refractivity contribution is -0.791. The zero-order valence-corrected chi connectivity index (χ0v) is 18.5. The number of halogens is 1. The standard InChI is InChI=1S/C23H24ClN6O2/c1-15-7-10-19-27-12-11-26(14-16-8-9-18(24)25-13-16)22(27)20(29(31)32)21-23(15)28(30(19,21)23)17-5-3-2-4-6-17/h2-6,8-9,13,15,19,21H,7,10-12,14H2,1H3/q+1/t15?,19?,21?,23-,28?,30?/m1/s1. The van der Waals surface area contributed by atoms with Crippen LogP contribution in [0.25, 0.3) is 0 Å². The van der Waals surface area contributed by atoms with Crippen LogP contribution in [0, 0.1) is 16.0 Å². The highest BCUT2D eigenvalue weighted by atomic mass is 35.5. The zero-order valence-electron chi connectivity index (χ0n) is 17.8. The van der Waals surface area contributed by atoms with E-state index in [1.807, 2.05) is 12.1 Å². The highest BCUT2D eigenvalue weighted by molar-refractivity contribution is 6.29. The van der Waals surface area contributed by atoms with Gasteiger partial charge < -0.3 is 4.90 Å². The number of rotatable bonds is 4. The SMILES string of the molecule is CC1CCC2N3CCN(Cc4ccc(Cl)nc4)C3=C([N+](=O)[O-])C3[C@@]14N(c1ccccc1)[N+]234. The molecular weight excluding hydrogens is 428 g/mol. The van der Waals surface area contributed by atoms with Crippen LogP contribution in [0.5, 0.6) is 0 Å². The average molecular weight is 452 g/mol. The van der Waals surface area contributed by atoms with Crippen LogP contribution in [0.4, 0.5) is 5.69 Å². The first-order valence-corrected chi connectivity index (χ1v) is 11.7. The fraction of sp³-hybridized carbons (Fsp3) is 0.435. The van der Waals surface area contributed by atoms with Crippen LogP contribution in [-0.4, -0.2) is 55.3 Å². The number of anilines is 1. The third kappa shape index (κ3) is 1.93. The van der Waals surface area contributed by atoms with Gasteiger partial charge in [0.05, 0.1) is 10.6 Å². The Balaban J connectivity index is 1.33. The Morgan fingerprint density at radius 3 is 2.75 bits per heavy atom. The van der Waals surface area contributed by atoms with E-state index >= 15 is 0 Å². The minimum Gasteiger partial charge on any atom is -0.346 e. The normalized spacial score (nSPS) is 35.9. The Kier molecular flexibility index (Phi) is 3.47. The Bertz CT molecular complexity index is 1170. The Labute approximate surface area is 191 Å². The molecule has 1 aromatic heterocycles. The van der Waals surface area contributed by atoms with Crippen molar-refractivity contribution in [1.82, 2.24) is 14.8 Å². The van der Waals surface area contributed by atoms with Crippen molar-refractivity contribution in [3.05, 3.63) is 81.0 Å². The molecule has 0 radical (unpaired) electrons. The second-order valence-electron chi connectivity index (χ2n) is 9.60. The molecule has 5 atom stereocenters. The molecule has 1 aromatic carbocycles. The van der Waals surface area contributed by atoms with E-state index in [2.05, 4.69) is 51.0 Å². The fourth-order valence-electron chi connectivity index (χ4n) is 7.29. The molecule has 4 saturated heterocycles. The van der Waals surface area contributed by atoms with Gasteiger partial charge in [0.25, 0.3) is 6.04 Å². The van der Waals surface area contributed by atoms with Gasteiger partial charge in [-0.3, -0.25) is 15.0 Å². The van der Waals surface area contributed by atoms with Crippen LogP contribution in [0.1, 0.15) is 25.3 Å². The molecular formula is C23H24ClN6O2+. The summed E-state index contributed by atoms with van der Waals surface area (Å²) in [4.78, 5) is 21.1. The monoisotopic (exact) mass is 451 g/mol. The summed E-state index contributed by atoms with van der Waals surface area (Å²) in [5.41, 5.74) is 2.43. The Morgan fingerprint density at radius 2 is 2.03 bits per heavy atom. The van der Waals surface area contributed by atoms with E-state index in [1.54, 1.807) is 12.3 Å². The van der Waals surface area contributed by atoms with Crippen LogP contribution in [0.3, 0.4) is 0 Å². The number of para-hydroxylation sites is 1. The summed E-state index contributed by atoms with van der Waals surface area (Å²) in [7, 11) is 0. The average Bonchev–Trinajstić information content (AvgIpc) is 3.56. The second-order valence-corrected chi connectivity index (χ2v) is 9.99. The van der Waals surface area contributed by atoms with Crippen LogP contribution in [-0.2, 0) is 6.54 Å². The first-order chi connectivity index (χ1) is 15.5. The van der Waals surface area contributed by atoms with Crippen molar-refractivity contribution in [2.24, 2.45) is 5.92 Å². The van der Waals surface area contributed by atoms with Gasteiger partial charge in [0.1, 0.15) is 5.15 Å². The number of quaternary nitrogens is 1. The molecule has 7 rings (SSSR count). The number of nitro groups is 1. The summed E-state index contributed by atoms with van der Waals surface area (Å²) in [6.45, 7) is 4.49. The summed E-state index contributed by atoms with van der Waals surface area (Å²) in [6, 6.07) is 14.1. The molecule has 0 N–H and O–H groups in total. The zero-order chi connectivity index (χ0) is 21.8. The van der Waals surface area contributed by atoms with E-state index < -0.39 is 0 Å². The molecule has 0 amide bonds. The van der Waals surface area contributed by atoms with E-state index in [-0.39, 0.29) is 22.8 Å². The lowest BCUT2D eigenvalue weighted by Crippen LogP contribution is -2.55. The number of aromatic nitrogens is 1. The largest absolute Gasteiger partial charge is 0.355 e. The molecule has 8 nitrogen and oxygen atoms in total. The third-order valence-electron chi connectivity index (χ3n) is 8.36. The van der Waals surface area contributed by atoms with Crippen LogP contribution in [0.15, 0.2) is 60.2 Å². The van der Waals surface area contributed by atoms with Crippen molar-refractivity contribution >= 4 is 17.3 Å². The van der Waals surface area contributed by atoms with Crippen LogP contribution < -0.4 is 5.01 Å². The summed E-state index contributed by atoms with van der Waals surface area (Å²) >= 11 is 5.95. The smallest absolute Gasteiger partial charge is 0.346 e. The van der Waals surface area contributed by atoms with Crippen molar-refractivity contribution < 1.29 is 9.52 Å². The number of pyridine rings is 1. The first-order valence-electron chi connectivity index (χ1n) is 11.3. The minimum absolute atomic E-state index is 0.0598. The third-order valence-corrected chi connectivity index (χ3v) is 8.58. The molecule has 164 valence electrons. The Morgan fingerprint density at radius 1 is 1.22 bits per heavy atom. The summed E-state index contributed by atoms with van der Waals surface area (Å²) < 4.78 is 0.730. The van der Waals surface area contributed by atoms with Gasteiger partial charge in [0, 0.05) is 38.2 Å². The quantitative estimate of drug-likeness (QED) is 0.233. The minimum atomic E-state index is -0.169. The summed E-state index contributed by atoms with van der Waals surface area (Å²) in [5, 5.41) is 15.4. The van der Waals surface area contributed by atoms with Crippen molar-refractivity contribution in [2.75, 3.05) is 18.1 Å². The van der Waals surface area contributed by atoms with E-state index in [1.165, 1.54) is 5.69 Å². The number of nitrogens with zero attached hydrogens (tertiary/aromatic N) is 6. The molecule has 4 fully saturated rings.